The molecule has 0 heterocycles. The summed E-state index contributed by atoms with van der Waals surface area (Å²) in [5.41, 5.74) is 1.12. The van der Waals surface area contributed by atoms with Crippen LogP contribution >= 0.6 is 0 Å². The van der Waals surface area contributed by atoms with E-state index in [4.69, 9.17) is 9.47 Å². The van der Waals surface area contributed by atoms with Crippen LogP contribution in [0.3, 0.4) is 0 Å². The van der Waals surface area contributed by atoms with Crippen molar-refractivity contribution in [3.63, 3.8) is 0 Å². The van der Waals surface area contributed by atoms with E-state index in [0.717, 1.165) is 5.56 Å². The summed E-state index contributed by atoms with van der Waals surface area (Å²) >= 11 is 0. The zero-order valence-corrected chi connectivity index (χ0v) is 15.4. The lowest BCUT2D eigenvalue weighted by atomic mass is 9.91. The zero-order valence-electron chi connectivity index (χ0n) is 15.4. The third kappa shape index (κ3) is 5.38. The van der Waals surface area contributed by atoms with Crippen LogP contribution in [-0.4, -0.2) is 30.7 Å². The molecule has 0 aliphatic rings. The molecule has 0 aliphatic heterocycles. The van der Waals surface area contributed by atoms with Gasteiger partial charge in [0.15, 0.2) is 5.76 Å². The molecule has 27 heavy (non-hydrogen) atoms. The van der Waals surface area contributed by atoms with Crippen molar-refractivity contribution in [1.82, 2.24) is 0 Å². The molecule has 5 heteroatoms. The molecule has 0 bridgehead atoms. The van der Waals surface area contributed by atoms with Gasteiger partial charge in [-0.25, -0.2) is 0 Å². The summed E-state index contributed by atoms with van der Waals surface area (Å²) in [6.45, 7) is 3.69. The number of hydrogen-bond acceptors (Lipinski definition) is 5. The van der Waals surface area contributed by atoms with Crippen LogP contribution < -0.4 is 0 Å². The first-order valence-electron chi connectivity index (χ1n) is 8.78. The van der Waals surface area contributed by atoms with E-state index < -0.39 is 23.5 Å². The predicted octanol–water partition coefficient (Wildman–Crippen LogP) is 3.55. The van der Waals surface area contributed by atoms with Gasteiger partial charge in [0.1, 0.15) is 5.92 Å². The summed E-state index contributed by atoms with van der Waals surface area (Å²) in [5.74, 6) is -3.91. The lowest BCUT2D eigenvalue weighted by Gasteiger charge is -2.15. The molecule has 1 atom stereocenters. The molecule has 0 N–H and O–H groups in total. The quantitative estimate of drug-likeness (QED) is 0.223. The topological polar surface area (TPSA) is 69.7 Å². The van der Waals surface area contributed by atoms with E-state index >= 15 is 0 Å². The number of ketones is 2. The molecule has 2 aromatic rings. The molecule has 2 rings (SSSR count). The molecule has 0 aromatic heterocycles. The van der Waals surface area contributed by atoms with E-state index in [1.54, 1.807) is 56.3 Å². The zero-order chi connectivity index (χ0) is 19.6. The second-order valence-electron chi connectivity index (χ2n) is 5.64. The molecular formula is C22H22O5. The van der Waals surface area contributed by atoms with Gasteiger partial charge in [0.2, 0.25) is 5.78 Å². The van der Waals surface area contributed by atoms with Crippen molar-refractivity contribution < 1.29 is 23.9 Å². The number of carbonyl (C=O) groups excluding carboxylic acids is 3. The lowest BCUT2D eigenvalue weighted by molar-refractivity contribution is -0.150. The van der Waals surface area contributed by atoms with Crippen molar-refractivity contribution >= 4 is 23.6 Å². The van der Waals surface area contributed by atoms with Crippen LogP contribution in [0.15, 0.2) is 66.4 Å². The number of allylic oxidation sites excluding steroid dienone is 1. The van der Waals surface area contributed by atoms with Crippen molar-refractivity contribution in [2.75, 3.05) is 13.2 Å². The molecule has 0 fully saturated rings. The van der Waals surface area contributed by atoms with Gasteiger partial charge < -0.3 is 9.47 Å². The van der Waals surface area contributed by atoms with Crippen LogP contribution in [0.1, 0.15) is 30.9 Å². The standard InChI is InChI=1S/C22H22O5/c1-3-26-18(15-16-11-7-5-8-12-16)20(23)21(24)19(22(25)27-4-2)17-13-9-6-10-14-17/h5-15,19H,3-4H2,1-2H3/b18-15-. The Bertz CT molecular complexity index is 809. The first kappa shape index (κ1) is 20.1. The normalized spacial score (nSPS) is 12.1. The van der Waals surface area contributed by atoms with Crippen molar-refractivity contribution in [3.05, 3.63) is 77.5 Å². The number of hydrogen-bond donors (Lipinski definition) is 0. The monoisotopic (exact) mass is 366 g/mol. The maximum Gasteiger partial charge on any atom is 0.321 e. The van der Waals surface area contributed by atoms with E-state index in [9.17, 15) is 14.4 Å². The smallest absolute Gasteiger partial charge is 0.321 e. The Hall–Kier alpha value is -3.21. The summed E-state index contributed by atoms with van der Waals surface area (Å²) in [5, 5.41) is 0. The van der Waals surface area contributed by atoms with Crippen LogP contribution in [0.5, 0.6) is 0 Å². The van der Waals surface area contributed by atoms with Gasteiger partial charge in [-0.2, -0.15) is 0 Å². The van der Waals surface area contributed by atoms with Gasteiger partial charge in [0.05, 0.1) is 13.2 Å². The fraction of sp³-hybridized carbons (Fsp3) is 0.227. The molecule has 0 saturated heterocycles. The fourth-order valence-electron chi connectivity index (χ4n) is 2.55. The van der Waals surface area contributed by atoms with Gasteiger partial charge in [-0.1, -0.05) is 60.7 Å². The average Bonchev–Trinajstić information content (AvgIpc) is 2.69. The SMILES string of the molecule is CCOC(=O)C(C(=O)C(=O)/C(=C/c1ccccc1)OCC)c1ccccc1. The van der Waals surface area contributed by atoms with Gasteiger partial charge in [0, 0.05) is 0 Å². The molecule has 0 amide bonds. The van der Waals surface area contributed by atoms with Crippen LogP contribution in [0.2, 0.25) is 0 Å². The molecule has 0 radical (unpaired) electrons. The Labute approximate surface area is 158 Å². The van der Waals surface area contributed by atoms with E-state index in [2.05, 4.69) is 0 Å². The molecule has 5 nitrogen and oxygen atoms in total. The first-order chi connectivity index (χ1) is 13.1. The number of carbonyl (C=O) groups is 3. The van der Waals surface area contributed by atoms with Gasteiger partial charge in [-0.05, 0) is 31.1 Å². The Morgan fingerprint density at radius 2 is 1.41 bits per heavy atom. The average molecular weight is 366 g/mol. The number of esters is 1. The summed E-state index contributed by atoms with van der Waals surface area (Å²) in [7, 11) is 0. The van der Waals surface area contributed by atoms with Crippen molar-refractivity contribution in [2.24, 2.45) is 0 Å². The maximum absolute atomic E-state index is 12.9. The molecule has 0 aliphatic carbocycles. The van der Waals surface area contributed by atoms with Gasteiger partial charge in [-0.15, -0.1) is 0 Å². The van der Waals surface area contributed by atoms with Crippen LogP contribution in [-0.2, 0) is 23.9 Å². The second kappa shape index (κ2) is 10.1. The highest BCUT2D eigenvalue weighted by Crippen LogP contribution is 2.22. The summed E-state index contributed by atoms with van der Waals surface area (Å²) in [6, 6.07) is 17.4. The number of rotatable bonds is 9. The Morgan fingerprint density at radius 3 is 1.96 bits per heavy atom. The van der Waals surface area contributed by atoms with Crippen molar-refractivity contribution in [1.29, 1.82) is 0 Å². The predicted molar refractivity (Wildman–Crippen MR) is 102 cm³/mol. The number of Topliss-reactive ketones (excluding diaryl/α,β-unsaturated/α-hetero) is 2. The van der Waals surface area contributed by atoms with Gasteiger partial charge >= 0.3 is 5.97 Å². The van der Waals surface area contributed by atoms with E-state index in [1.807, 2.05) is 18.2 Å². The molecule has 1 unspecified atom stereocenters. The highest BCUT2D eigenvalue weighted by molar-refractivity contribution is 6.48. The van der Waals surface area contributed by atoms with E-state index in [0.29, 0.717) is 5.56 Å². The summed E-state index contributed by atoms with van der Waals surface area (Å²) in [4.78, 5) is 38.1. The maximum atomic E-state index is 12.9. The van der Waals surface area contributed by atoms with Gasteiger partial charge in [-0.3, -0.25) is 14.4 Å². The molecule has 140 valence electrons. The molecule has 0 saturated carbocycles. The number of benzene rings is 2. The summed E-state index contributed by atoms with van der Waals surface area (Å²) in [6.07, 6.45) is 1.50. The Balaban J connectivity index is 2.38. The highest BCUT2D eigenvalue weighted by atomic mass is 16.5. The minimum absolute atomic E-state index is 0.0982. The Kier molecular flexibility index (Phi) is 7.49. The minimum atomic E-state index is -1.32. The van der Waals surface area contributed by atoms with Crippen LogP contribution in [0, 0.1) is 0 Å². The van der Waals surface area contributed by atoms with E-state index in [-0.39, 0.29) is 19.0 Å². The van der Waals surface area contributed by atoms with Crippen LogP contribution in [0.4, 0.5) is 0 Å². The molecule has 2 aromatic carbocycles. The Morgan fingerprint density at radius 1 is 0.852 bits per heavy atom. The highest BCUT2D eigenvalue weighted by Gasteiger charge is 2.36. The number of ether oxygens (including phenoxy) is 2. The van der Waals surface area contributed by atoms with Gasteiger partial charge in [0.25, 0.3) is 5.78 Å². The van der Waals surface area contributed by atoms with Crippen molar-refractivity contribution in [3.8, 4) is 0 Å². The third-order valence-corrected chi connectivity index (χ3v) is 3.76. The lowest BCUT2D eigenvalue weighted by Crippen LogP contribution is -2.31. The molecular weight excluding hydrogens is 344 g/mol. The minimum Gasteiger partial charge on any atom is -0.490 e. The fourth-order valence-corrected chi connectivity index (χ4v) is 2.55. The van der Waals surface area contributed by atoms with Crippen LogP contribution in [0.25, 0.3) is 6.08 Å². The summed E-state index contributed by atoms with van der Waals surface area (Å²) < 4.78 is 10.4. The van der Waals surface area contributed by atoms with E-state index in [1.165, 1.54) is 6.08 Å². The second-order valence-corrected chi connectivity index (χ2v) is 5.64. The van der Waals surface area contributed by atoms with Crippen molar-refractivity contribution in [2.45, 2.75) is 19.8 Å². The molecule has 0 spiro atoms. The largest absolute Gasteiger partial charge is 0.490 e. The first-order valence-corrected chi connectivity index (χ1v) is 8.78. The third-order valence-electron chi connectivity index (χ3n) is 3.76.